The van der Waals surface area contributed by atoms with Crippen molar-refractivity contribution in [1.82, 2.24) is 19.9 Å². The Balaban J connectivity index is 1.50. The molecule has 0 unspecified atom stereocenters. The summed E-state index contributed by atoms with van der Waals surface area (Å²) in [6, 6.07) is 5.60. The molecular formula is C26H25FN4O2S. The van der Waals surface area contributed by atoms with Gasteiger partial charge < -0.3 is 14.6 Å². The number of thiazole rings is 1. The first-order chi connectivity index (χ1) is 16.5. The predicted molar refractivity (Wildman–Crippen MR) is 132 cm³/mol. The van der Waals surface area contributed by atoms with Crippen LogP contribution >= 0.6 is 11.3 Å². The van der Waals surface area contributed by atoms with Crippen LogP contribution in [-0.4, -0.2) is 46.0 Å². The molecule has 4 heterocycles. The molecule has 0 spiro atoms. The van der Waals surface area contributed by atoms with Crippen LogP contribution in [0.4, 0.5) is 4.39 Å². The molecule has 1 aromatic carbocycles. The number of nitrogens with zero attached hydrogens (tertiary/aromatic N) is 3. The summed E-state index contributed by atoms with van der Waals surface area (Å²) in [7, 11) is 1.61. The van der Waals surface area contributed by atoms with E-state index < -0.39 is 0 Å². The second-order valence-corrected chi connectivity index (χ2v) is 9.34. The van der Waals surface area contributed by atoms with Gasteiger partial charge in [0.25, 0.3) is 0 Å². The highest BCUT2D eigenvalue weighted by Crippen LogP contribution is 2.39. The number of pyridine rings is 1. The van der Waals surface area contributed by atoms with Crippen LogP contribution in [0.5, 0.6) is 5.75 Å². The normalized spacial score (nSPS) is 13.9. The Labute approximate surface area is 201 Å². The maximum Gasteiger partial charge on any atom is 0.223 e. The molecule has 5 rings (SSSR count). The molecule has 34 heavy (non-hydrogen) atoms. The highest BCUT2D eigenvalue weighted by molar-refractivity contribution is 7.09. The third kappa shape index (κ3) is 4.21. The molecule has 1 amide bonds. The van der Waals surface area contributed by atoms with Crippen LogP contribution in [0.15, 0.2) is 48.2 Å². The number of aryl methyl sites for hydroxylation is 2. The first-order valence-electron chi connectivity index (χ1n) is 11.2. The number of hydrogen-bond acceptors (Lipinski definition) is 5. The number of fused-ring (bicyclic) bond motifs is 1. The molecule has 0 atom stereocenters. The van der Waals surface area contributed by atoms with Crippen LogP contribution in [0.25, 0.3) is 27.6 Å². The van der Waals surface area contributed by atoms with E-state index in [-0.39, 0.29) is 11.7 Å². The van der Waals surface area contributed by atoms with Gasteiger partial charge in [-0.3, -0.25) is 9.78 Å². The van der Waals surface area contributed by atoms with E-state index in [0.717, 1.165) is 32.8 Å². The summed E-state index contributed by atoms with van der Waals surface area (Å²) in [5.74, 6) is 0.425. The fourth-order valence-electron chi connectivity index (χ4n) is 4.51. The van der Waals surface area contributed by atoms with Crippen molar-refractivity contribution in [1.29, 1.82) is 0 Å². The van der Waals surface area contributed by atoms with Gasteiger partial charge in [0.2, 0.25) is 5.91 Å². The number of hydrogen-bond donors (Lipinski definition) is 1. The van der Waals surface area contributed by atoms with Crippen molar-refractivity contribution >= 4 is 33.7 Å². The molecule has 0 aliphatic carbocycles. The number of rotatable bonds is 6. The number of aromatic nitrogens is 3. The number of carbonyl (C=O) groups is 1. The van der Waals surface area contributed by atoms with Gasteiger partial charge in [-0.05, 0) is 42.7 Å². The van der Waals surface area contributed by atoms with Crippen molar-refractivity contribution in [2.45, 2.75) is 26.2 Å². The van der Waals surface area contributed by atoms with Gasteiger partial charge in [-0.15, -0.1) is 11.3 Å². The maximum atomic E-state index is 15.8. The maximum absolute atomic E-state index is 15.8. The summed E-state index contributed by atoms with van der Waals surface area (Å²) < 4.78 is 21.3. The van der Waals surface area contributed by atoms with E-state index in [1.165, 1.54) is 0 Å². The Morgan fingerprint density at radius 2 is 2.15 bits per heavy atom. The fraction of sp³-hybridized carbons (Fsp3) is 0.269. The SMILES string of the molecule is COc1ccncc1-c1cc(C2=CCCN(C(=O)CCc3nccs3)C2)c(F)c2[nH]c(C)cc12. The van der Waals surface area contributed by atoms with Gasteiger partial charge in [-0.1, -0.05) is 6.08 Å². The van der Waals surface area contributed by atoms with Crippen molar-refractivity contribution in [3.05, 3.63) is 70.3 Å². The topological polar surface area (TPSA) is 71.1 Å². The van der Waals surface area contributed by atoms with Crippen molar-refractivity contribution in [2.75, 3.05) is 20.2 Å². The Kier molecular flexibility index (Phi) is 6.15. The van der Waals surface area contributed by atoms with E-state index in [9.17, 15) is 4.79 Å². The summed E-state index contributed by atoms with van der Waals surface area (Å²) in [6.07, 6.45) is 8.91. The molecule has 4 aromatic rings. The first kappa shape index (κ1) is 22.3. The first-order valence-corrected chi connectivity index (χ1v) is 12.1. The molecule has 6 nitrogen and oxygen atoms in total. The lowest BCUT2D eigenvalue weighted by atomic mass is 9.93. The summed E-state index contributed by atoms with van der Waals surface area (Å²) >= 11 is 1.55. The summed E-state index contributed by atoms with van der Waals surface area (Å²) in [6.45, 7) is 2.92. The molecule has 0 saturated heterocycles. The van der Waals surface area contributed by atoms with Crippen molar-refractivity contribution in [2.24, 2.45) is 0 Å². The molecule has 0 radical (unpaired) electrons. The van der Waals surface area contributed by atoms with Gasteiger partial charge in [0, 0.05) is 72.1 Å². The molecular weight excluding hydrogens is 451 g/mol. The Bertz CT molecular complexity index is 1380. The molecule has 3 aromatic heterocycles. The van der Waals surface area contributed by atoms with Gasteiger partial charge in [-0.25, -0.2) is 9.37 Å². The summed E-state index contributed by atoms with van der Waals surface area (Å²) in [5, 5.41) is 3.64. The Morgan fingerprint density at radius 1 is 1.26 bits per heavy atom. The minimum absolute atomic E-state index is 0.0622. The smallest absolute Gasteiger partial charge is 0.223 e. The van der Waals surface area contributed by atoms with Gasteiger partial charge in [0.1, 0.15) is 5.75 Å². The molecule has 174 valence electrons. The van der Waals surface area contributed by atoms with E-state index in [1.807, 2.05) is 35.4 Å². The van der Waals surface area contributed by atoms with E-state index in [1.54, 1.807) is 43.1 Å². The van der Waals surface area contributed by atoms with Gasteiger partial charge in [0.05, 0.1) is 17.6 Å². The largest absolute Gasteiger partial charge is 0.496 e. The third-order valence-electron chi connectivity index (χ3n) is 6.16. The van der Waals surface area contributed by atoms with Crippen LogP contribution in [0, 0.1) is 12.7 Å². The molecule has 1 aliphatic heterocycles. The van der Waals surface area contributed by atoms with E-state index in [2.05, 4.69) is 15.0 Å². The number of amides is 1. The van der Waals surface area contributed by atoms with Crippen LogP contribution in [0.1, 0.15) is 29.1 Å². The van der Waals surface area contributed by atoms with Gasteiger partial charge in [-0.2, -0.15) is 0 Å². The molecule has 0 fully saturated rings. The van der Waals surface area contributed by atoms with Crippen LogP contribution in [-0.2, 0) is 11.2 Å². The third-order valence-corrected chi connectivity index (χ3v) is 7.00. The standard InChI is InChI=1S/C26H25FN4O2S/c1-16-12-20-19(21-14-28-8-7-22(21)33-2)13-18(25(27)26(20)30-16)17-4-3-10-31(15-17)24(32)6-5-23-29-9-11-34-23/h4,7-9,11-14,30H,3,5-6,10,15H2,1-2H3. The second kappa shape index (κ2) is 9.38. The van der Waals surface area contributed by atoms with Gasteiger partial charge in [0.15, 0.2) is 5.82 Å². The average molecular weight is 477 g/mol. The second-order valence-electron chi connectivity index (χ2n) is 8.36. The molecule has 0 saturated carbocycles. The monoisotopic (exact) mass is 476 g/mol. The number of ether oxygens (including phenoxy) is 1. The van der Waals surface area contributed by atoms with Gasteiger partial charge >= 0.3 is 0 Å². The number of halogens is 1. The fourth-order valence-corrected chi connectivity index (χ4v) is 5.13. The van der Waals surface area contributed by atoms with E-state index in [4.69, 9.17) is 4.74 Å². The van der Waals surface area contributed by atoms with Crippen molar-refractivity contribution < 1.29 is 13.9 Å². The zero-order valence-corrected chi connectivity index (χ0v) is 19.9. The van der Waals surface area contributed by atoms with Crippen molar-refractivity contribution in [3.63, 3.8) is 0 Å². The number of benzene rings is 1. The number of aromatic amines is 1. The summed E-state index contributed by atoms with van der Waals surface area (Å²) in [5.41, 5.74) is 4.25. The minimum atomic E-state index is -0.307. The molecule has 1 N–H and O–H groups in total. The number of H-pyrrole nitrogens is 1. The highest BCUT2D eigenvalue weighted by atomic mass is 32.1. The van der Waals surface area contributed by atoms with Crippen LogP contribution in [0.3, 0.4) is 0 Å². The summed E-state index contributed by atoms with van der Waals surface area (Å²) in [4.78, 5) is 26.4. The zero-order chi connectivity index (χ0) is 23.7. The Morgan fingerprint density at radius 3 is 2.94 bits per heavy atom. The number of carbonyl (C=O) groups excluding carboxylic acids is 1. The van der Waals surface area contributed by atoms with Crippen molar-refractivity contribution in [3.8, 4) is 16.9 Å². The van der Waals surface area contributed by atoms with Crippen LogP contribution < -0.4 is 4.74 Å². The predicted octanol–water partition coefficient (Wildman–Crippen LogP) is 5.39. The quantitative estimate of drug-likeness (QED) is 0.405. The molecule has 0 bridgehead atoms. The van der Waals surface area contributed by atoms with Crippen LogP contribution in [0.2, 0.25) is 0 Å². The lowest BCUT2D eigenvalue weighted by Crippen LogP contribution is -2.35. The minimum Gasteiger partial charge on any atom is -0.496 e. The number of methoxy groups -OCH3 is 1. The number of nitrogens with one attached hydrogen (secondary N) is 1. The zero-order valence-electron chi connectivity index (χ0n) is 19.1. The lowest BCUT2D eigenvalue weighted by Gasteiger charge is -2.28. The Hall–Kier alpha value is -3.52. The average Bonchev–Trinajstić information content (AvgIpc) is 3.53. The highest BCUT2D eigenvalue weighted by Gasteiger charge is 2.24. The lowest BCUT2D eigenvalue weighted by molar-refractivity contribution is -0.130. The van der Waals surface area contributed by atoms with E-state index >= 15 is 4.39 Å². The van der Waals surface area contributed by atoms with E-state index in [0.29, 0.717) is 49.2 Å². The molecule has 1 aliphatic rings. The molecule has 8 heteroatoms.